The number of hydrogen-bond donors (Lipinski definition) is 1. The number of anilines is 1. The van der Waals surface area contributed by atoms with Crippen LogP contribution in [0.3, 0.4) is 0 Å². The minimum Gasteiger partial charge on any atom is -0.384 e. The van der Waals surface area contributed by atoms with E-state index in [-0.39, 0.29) is 6.04 Å². The van der Waals surface area contributed by atoms with Gasteiger partial charge in [0, 0.05) is 18.4 Å². The van der Waals surface area contributed by atoms with Crippen LogP contribution in [0.15, 0.2) is 53.6 Å². The summed E-state index contributed by atoms with van der Waals surface area (Å²) in [7, 11) is 0. The molecule has 0 saturated heterocycles. The third-order valence-corrected chi connectivity index (χ3v) is 3.22. The second-order valence-electron chi connectivity index (χ2n) is 4.73. The summed E-state index contributed by atoms with van der Waals surface area (Å²) in [5, 5.41) is 3.50. The molecule has 0 fully saturated rings. The van der Waals surface area contributed by atoms with Gasteiger partial charge in [0.1, 0.15) is 0 Å². The Kier molecular flexibility index (Phi) is 4.35. The fourth-order valence-corrected chi connectivity index (χ4v) is 1.99. The quantitative estimate of drug-likeness (QED) is 0.854. The molecule has 1 aliphatic rings. The minimum absolute atomic E-state index is 0.261. The van der Waals surface area contributed by atoms with Gasteiger partial charge in [-0.1, -0.05) is 43.4 Å². The number of aliphatic imine (C=N–C) groups is 1. The first kappa shape index (κ1) is 12.6. The van der Waals surface area contributed by atoms with Crippen LogP contribution in [0.25, 0.3) is 0 Å². The van der Waals surface area contributed by atoms with E-state index in [2.05, 4.69) is 60.6 Å². The van der Waals surface area contributed by atoms with Crippen LogP contribution in [-0.2, 0) is 0 Å². The standard InChI is InChI=1S/C16H20N2/c1-13-8-5-6-10-15(13)18-12-14(2)16-9-4-3-7-11-17-16/h3-11,14,16,18H,12H2,1-2H3. The maximum absolute atomic E-state index is 4.52. The van der Waals surface area contributed by atoms with Gasteiger partial charge in [0.25, 0.3) is 0 Å². The van der Waals surface area contributed by atoms with E-state index < -0.39 is 0 Å². The number of nitrogens with one attached hydrogen (secondary N) is 1. The third-order valence-electron chi connectivity index (χ3n) is 3.22. The van der Waals surface area contributed by atoms with Gasteiger partial charge >= 0.3 is 0 Å². The summed E-state index contributed by atoms with van der Waals surface area (Å²) in [6, 6.07) is 8.63. The smallest absolute Gasteiger partial charge is 0.0725 e. The van der Waals surface area contributed by atoms with E-state index >= 15 is 0 Å². The zero-order chi connectivity index (χ0) is 12.8. The zero-order valence-electron chi connectivity index (χ0n) is 11.0. The molecule has 0 bridgehead atoms. The maximum atomic E-state index is 4.52. The third kappa shape index (κ3) is 3.33. The lowest BCUT2D eigenvalue weighted by Crippen LogP contribution is -2.22. The average molecular weight is 240 g/mol. The molecule has 0 saturated carbocycles. The van der Waals surface area contributed by atoms with Gasteiger partial charge < -0.3 is 5.32 Å². The number of hydrogen-bond acceptors (Lipinski definition) is 2. The first-order chi connectivity index (χ1) is 8.77. The Hall–Kier alpha value is -1.83. The van der Waals surface area contributed by atoms with Gasteiger partial charge in [0.15, 0.2) is 0 Å². The molecule has 2 rings (SSSR count). The highest BCUT2D eigenvalue weighted by Crippen LogP contribution is 2.16. The van der Waals surface area contributed by atoms with Crippen LogP contribution in [0.2, 0.25) is 0 Å². The van der Waals surface area contributed by atoms with Gasteiger partial charge in [0.2, 0.25) is 0 Å². The topological polar surface area (TPSA) is 24.4 Å². The fourth-order valence-electron chi connectivity index (χ4n) is 1.99. The highest BCUT2D eigenvalue weighted by molar-refractivity contribution is 5.72. The van der Waals surface area contributed by atoms with Crippen molar-refractivity contribution in [2.75, 3.05) is 11.9 Å². The summed E-state index contributed by atoms with van der Waals surface area (Å²) in [6.45, 7) is 5.28. The molecule has 94 valence electrons. The maximum Gasteiger partial charge on any atom is 0.0725 e. The lowest BCUT2D eigenvalue weighted by atomic mass is 10.0. The Balaban J connectivity index is 1.92. The fraction of sp³-hybridized carbons (Fsp3) is 0.312. The van der Waals surface area contributed by atoms with Crippen LogP contribution in [0.1, 0.15) is 12.5 Å². The van der Waals surface area contributed by atoms with Gasteiger partial charge in [-0.05, 0) is 30.5 Å². The Labute approximate surface area is 109 Å². The zero-order valence-corrected chi connectivity index (χ0v) is 11.0. The van der Waals surface area contributed by atoms with Crippen molar-refractivity contribution < 1.29 is 0 Å². The van der Waals surface area contributed by atoms with E-state index in [1.807, 2.05) is 18.4 Å². The number of rotatable bonds is 4. The molecule has 0 spiro atoms. The summed E-state index contributed by atoms with van der Waals surface area (Å²) in [5.41, 5.74) is 2.50. The van der Waals surface area contributed by atoms with E-state index in [0.717, 1.165) is 6.54 Å². The van der Waals surface area contributed by atoms with E-state index in [0.29, 0.717) is 5.92 Å². The first-order valence-electron chi connectivity index (χ1n) is 6.43. The molecular weight excluding hydrogens is 220 g/mol. The van der Waals surface area contributed by atoms with Crippen LogP contribution in [0.4, 0.5) is 5.69 Å². The highest BCUT2D eigenvalue weighted by atomic mass is 14.9. The first-order valence-corrected chi connectivity index (χ1v) is 6.43. The molecule has 1 heterocycles. The normalized spacial score (nSPS) is 19.6. The molecule has 0 aliphatic carbocycles. The Morgan fingerprint density at radius 2 is 2.06 bits per heavy atom. The van der Waals surface area contributed by atoms with Gasteiger partial charge in [-0.2, -0.15) is 0 Å². The molecule has 2 unspecified atom stereocenters. The van der Waals surface area contributed by atoms with Crippen molar-refractivity contribution in [3.05, 3.63) is 54.1 Å². The van der Waals surface area contributed by atoms with Gasteiger partial charge in [-0.3, -0.25) is 4.99 Å². The van der Waals surface area contributed by atoms with Gasteiger partial charge in [0.05, 0.1) is 6.04 Å². The molecule has 1 aromatic carbocycles. The molecule has 1 aliphatic heterocycles. The van der Waals surface area contributed by atoms with E-state index in [1.165, 1.54) is 11.3 Å². The molecule has 0 aromatic heterocycles. The highest BCUT2D eigenvalue weighted by Gasteiger charge is 2.13. The molecule has 2 atom stereocenters. The van der Waals surface area contributed by atoms with Crippen molar-refractivity contribution in [2.45, 2.75) is 19.9 Å². The van der Waals surface area contributed by atoms with Crippen molar-refractivity contribution in [3.8, 4) is 0 Å². The molecule has 1 aromatic rings. The molecule has 1 N–H and O–H groups in total. The predicted molar refractivity (Wildman–Crippen MR) is 79.4 cm³/mol. The lowest BCUT2D eigenvalue weighted by molar-refractivity contribution is 0.549. The Morgan fingerprint density at radius 3 is 2.89 bits per heavy atom. The van der Waals surface area contributed by atoms with Crippen LogP contribution in [-0.4, -0.2) is 18.8 Å². The van der Waals surface area contributed by atoms with Gasteiger partial charge in [-0.25, -0.2) is 0 Å². The summed E-state index contributed by atoms with van der Waals surface area (Å²) in [5.74, 6) is 0.469. The van der Waals surface area contributed by atoms with E-state index in [4.69, 9.17) is 0 Å². The van der Waals surface area contributed by atoms with E-state index in [9.17, 15) is 0 Å². The Morgan fingerprint density at radius 1 is 1.22 bits per heavy atom. The number of aryl methyl sites for hydroxylation is 1. The van der Waals surface area contributed by atoms with Crippen molar-refractivity contribution in [1.82, 2.24) is 0 Å². The summed E-state index contributed by atoms with van der Waals surface area (Å²) < 4.78 is 0. The van der Waals surface area contributed by atoms with Crippen molar-refractivity contribution in [2.24, 2.45) is 10.9 Å². The predicted octanol–water partition coefficient (Wildman–Crippen LogP) is 3.61. The van der Waals surface area contributed by atoms with E-state index in [1.54, 1.807) is 0 Å². The molecule has 2 nitrogen and oxygen atoms in total. The van der Waals surface area contributed by atoms with Gasteiger partial charge in [-0.15, -0.1) is 0 Å². The average Bonchev–Trinajstić information content (AvgIpc) is 2.66. The molecule has 0 amide bonds. The lowest BCUT2D eigenvalue weighted by Gasteiger charge is -2.18. The van der Waals surface area contributed by atoms with Crippen LogP contribution >= 0.6 is 0 Å². The molecule has 2 heteroatoms. The number of allylic oxidation sites excluding steroid dienone is 3. The van der Waals surface area contributed by atoms with Crippen LogP contribution in [0.5, 0.6) is 0 Å². The summed E-state index contributed by atoms with van der Waals surface area (Å²) in [4.78, 5) is 4.52. The number of para-hydroxylation sites is 1. The minimum atomic E-state index is 0.261. The number of nitrogens with zero attached hydrogens (tertiary/aromatic N) is 1. The molecule has 18 heavy (non-hydrogen) atoms. The number of benzene rings is 1. The largest absolute Gasteiger partial charge is 0.384 e. The van der Waals surface area contributed by atoms with Crippen LogP contribution < -0.4 is 5.32 Å². The molecular formula is C16H20N2. The second-order valence-corrected chi connectivity index (χ2v) is 4.73. The van der Waals surface area contributed by atoms with Crippen molar-refractivity contribution in [3.63, 3.8) is 0 Å². The molecule has 0 radical (unpaired) electrons. The monoisotopic (exact) mass is 240 g/mol. The van der Waals surface area contributed by atoms with Crippen LogP contribution in [0, 0.1) is 12.8 Å². The van der Waals surface area contributed by atoms with Crippen molar-refractivity contribution in [1.29, 1.82) is 0 Å². The Bertz CT molecular complexity index is 456. The SMILES string of the molecule is Cc1ccccc1NCC(C)C1C=CC=CC=N1. The summed E-state index contributed by atoms with van der Waals surface area (Å²) in [6.07, 6.45) is 10.1. The summed E-state index contributed by atoms with van der Waals surface area (Å²) >= 11 is 0. The second kappa shape index (κ2) is 6.20. The van der Waals surface area contributed by atoms with Crippen molar-refractivity contribution >= 4 is 11.9 Å².